The number of carbonyl (C=O) groups excluding carboxylic acids is 1. The van der Waals surface area contributed by atoms with Gasteiger partial charge in [0.05, 0.1) is 40.4 Å². The van der Waals surface area contributed by atoms with E-state index in [-0.39, 0.29) is 24.3 Å². The van der Waals surface area contributed by atoms with Crippen molar-refractivity contribution in [3.05, 3.63) is 45.7 Å². The Kier molecular flexibility index (Phi) is 4.84. The molecule has 2 heterocycles. The van der Waals surface area contributed by atoms with Crippen molar-refractivity contribution in [2.75, 3.05) is 20.2 Å². The highest BCUT2D eigenvalue weighted by molar-refractivity contribution is 6.42. The van der Waals surface area contributed by atoms with Crippen LogP contribution in [0.1, 0.15) is 17.2 Å². The summed E-state index contributed by atoms with van der Waals surface area (Å²) in [6.45, 7) is 1.06. The van der Waals surface area contributed by atoms with Crippen LogP contribution in [0.25, 0.3) is 0 Å². The van der Waals surface area contributed by atoms with Crippen molar-refractivity contribution in [2.45, 2.75) is 18.4 Å². The number of carbonyl (C=O) groups is 1. The Morgan fingerprint density at radius 1 is 1.43 bits per heavy atom. The molecule has 0 bridgehead atoms. The molecule has 0 aliphatic carbocycles. The first-order valence-corrected chi connectivity index (χ1v) is 7.95. The number of hydrogen-bond acceptors (Lipinski definition) is 4. The lowest BCUT2D eigenvalue weighted by Gasteiger charge is -2.16. The van der Waals surface area contributed by atoms with Gasteiger partial charge in [0.2, 0.25) is 5.91 Å². The van der Waals surface area contributed by atoms with Crippen LogP contribution in [-0.4, -0.2) is 52.5 Å². The molecule has 6 nitrogen and oxygen atoms in total. The van der Waals surface area contributed by atoms with E-state index >= 15 is 0 Å². The van der Waals surface area contributed by atoms with E-state index in [1.54, 1.807) is 30.3 Å². The van der Waals surface area contributed by atoms with Gasteiger partial charge >= 0.3 is 0 Å². The summed E-state index contributed by atoms with van der Waals surface area (Å²) in [6.07, 6.45) is 1.78. The normalized spacial score (nSPS) is 20.9. The van der Waals surface area contributed by atoms with Crippen molar-refractivity contribution < 1.29 is 9.53 Å². The molecule has 8 heteroatoms. The van der Waals surface area contributed by atoms with Crippen molar-refractivity contribution in [2.24, 2.45) is 0 Å². The number of halogens is 2. The summed E-state index contributed by atoms with van der Waals surface area (Å²) in [6, 6.07) is 5.30. The van der Waals surface area contributed by atoms with Gasteiger partial charge in [-0.25, -0.2) is 0 Å². The van der Waals surface area contributed by atoms with Gasteiger partial charge in [0.1, 0.15) is 0 Å². The first-order chi connectivity index (χ1) is 11.1. The van der Waals surface area contributed by atoms with E-state index in [4.69, 9.17) is 27.9 Å². The molecular weight excluding hydrogens is 339 g/mol. The lowest BCUT2D eigenvalue weighted by molar-refractivity contribution is -0.129. The molecule has 0 radical (unpaired) electrons. The Morgan fingerprint density at radius 3 is 2.96 bits per heavy atom. The highest BCUT2D eigenvalue weighted by atomic mass is 35.5. The molecule has 1 N–H and O–H groups in total. The van der Waals surface area contributed by atoms with Gasteiger partial charge in [0.25, 0.3) is 0 Å². The fourth-order valence-corrected chi connectivity index (χ4v) is 3.24. The standard InChI is InChI=1S/C15H16Cl2N4O2/c1-23-13-8-21(7-10(13)12-6-18-20-19-12)14(22)5-9-3-2-4-11(16)15(9)17/h2-4,6,10,13H,5,7-8H2,1H3,(H,18,19,20)/t10-,13+/m0/s1. The largest absolute Gasteiger partial charge is 0.379 e. The third-order valence-electron chi connectivity index (χ3n) is 4.11. The first-order valence-electron chi connectivity index (χ1n) is 7.19. The fraction of sp³-hybridized carbons (Fsp3) is 0.400. The van der Waals surface area contributed by atoms with Crippen molar-refractivity contribution >= 4 is 29.1 Å². The summed E-state index contributed by atoms with van der Waals surface area (Å²) in [5, 5.41) is 11.4. The minimum atomic E-state index is -0.0983. The number of amides is 1. The van der Waals surface area contributed by atoms with E-state index < -0.39 is 0 Å². The molecule has 23 heavy (non-hydrogen) atoms. The molecule has 1 aliphatic rings. The fourth-order valence-electron chi connectivity index (χ4n) is 2.85. The van der Waals surface area contributed by atoms with Gasteiger partial charge in [-0.2, -0.15) is 15.4 Å². The first kappa shape index (κ1) is 16.2. The number of aromatic amines is 1. The number of methoxy groups -OCH3 is 1. The van der Waals surface area contributed by atoms with Gasteiger partial charge in [-0.1, -0.05) is 35.3 Å². The van der Waals surface area contributed by atoms with Crippen LogP contribution in [-0.2, 0) is 16.0 Å². The van der Waals surface area contributed by atoms with Gasteiger partial charge < -0.3 is 9.64 Å². The topological polar surface area (TPSA) is 71.1 Å². The van der Waals surface area contributed by atoms with Crippen LogP contribution in [0.2, 0.25) is 10.0 Å². The summed E-state index contributed by atoms with van der Waals surface area (Å²) in [4.78, 5) is 14.3. The maximum atomic E-state index is 12.6. The van der Waals surface area contributed by atoms with Gasteiger partial charge in [-0.05, 0) is 11.6 Å². The Morgan fingerprint density at radius 2 is 2.26 bits per heavy atom. The lowest BCUT2D eigenvalue weighted by atomic mass is 10.0. The van der Waals surface area contributed by atoms with E-state index in [2.05, 4.69) is 15.4 Å². The number of nitrogens with zero attached hydrogens (tertiary/aromatic N) is 3. The second-order valence-corrected chi connectivity index (χ2v) is 6.25. The maximum absolute atomic E-state index is 12.6. The number of aromatic nitrogens is 3. The second-order valence-electron chi connectivity index (χ2n) is 5.46. The van der Waals surface area contributed by atoms with E-state index in [0.29, 0.717) is 23.1 Å². The smallest absolute Gasteiger partial charge is 0.227 e. The zero-order chi connectivity index (χ0) is 16.4. The highest BCUT2D eigenvalue weighted by Crippen LogP contribution is 2.30. The molecule has 0 saturated carbocycles. The lowest BCUT2D eigenvalue weighted by Crippen LogP contribution is -2.31. The van der Waals surface area contributed by atoms with E-state index in [1.807, 2.05) is 6.07 Å². The van der Waals surface area contributed by atoms with Gasteiger partial charge in [0.15, 0.2) is 0 Å². The van der Waals surface area contributed by atoms with Crippen molar-refractivity contribution in [1.82, 2.24) is 20.3 Å². The minimum absolute atomic E-state index is 0.0116. The average Bonchev–Trinajstić information content (AvgIpc) is 3.20. The number of benzene rings is 1. The molecule has 1 saturated heterocycles. The molecule has 2 aromatic rings. The van der Waals surface area contributed by atoms with E-state index in [9.17, 15) is 4.79 Å². The molecule has 1 amide bonds. The Labute approximate surface area is 143 Å². The summed E-state index contributed by atoms with van der Waals surface area (Å²) in [7, 11) is 1.64. The predicted molar refractivity (Wildman–Crippen MR) is 86.7 cm³/mol. The van der Waals surface area contributed by atoms with Gasteiger partial charge in [0, 0.05) is 20.2 Å². The molecular formula is C15H16Cl2N4O2. The zero-order valence-electron chi connectivity index (χ0n) is 12.5. The van der Waals surface area contributed by atoms with Crippen LogP contribution in [0.5, 0.6) is 0 Å². The van der Waals surface area contributed by atoms with Crippen molar-refractivity contribution in [1.29, 1.82) is 0 Å². The van der Waals surface area contributed by atoms with Crippen LogP contribution < -0.4 is 0 Å². The number of hydrogen-bond donors (Lipinski definition) is 1. The molecule has 122 valence electrons. The number of H-pyrrole nitrogens is 1. The van der Waals surface area contributed by atoms with Crippen LogP contribution in [0, 0.1) is 0 Å². The van der Waals surface area contributed by atoms with E-state index in [1.165, 1.54) is 0 Å². The Balaban J connectivity index is 1.72. The Hall–Kier alpha value is -1.63. The molecule has 0 spiro atoms. The third-order valence-corrected chi connectivity index (χ3v) is 4.97. The summed E-state index contributed by atoms with van der Waals surface area (Å²) < 4.78 is 5.50. The Bertz CT molecular complexity index is 693. The van der Waals surface area contributed by atoms with Gasteiger partial charge in [-0.3, -0.25) is 4.79 Å². The molecule has 1 fully saturated rings. The number of ether oxygens (including phenoxy) is 1. The third kappa shape index (κ3) is 3.34. The SMILES string of the molecule is CO[C@@H]1CN(C(=O)Cc2cccc(Cl)c2Cl)C[C@H]1c1cn[nH]n1. The molecule has 1 aliphatic heterocycles. The average molecular weight is 355 g/mol. The summed E-state index contributed by atoms with van der Waals surface area (Å²) in [5.41, 5.74) is 1.52. The molecule has 0 unspecified atom stereocenters. The monoisotopic (exact) mass is 354 g/mol. The zero-order valence-corrected chi connectivity index (χ0v) is 14.0. The summed E-state index contributed by atoms with van der Waals surface area (Å²) >= 11 is 12.2. The number of nitrogens with one attached hydrogen (secondary N) is 1. The molecule has 3 rings (SSSR count). The quantitative estimate of drug-likeness (QED) is 0.914. The summed E-state index contributed by atoms with van der Waals surface area (Å²) in [5.74, 6) is -0.000236. The van der Waals surface area contributed by atoms with Crippen LogP contribution in [0.15, 0.2) is 24.4 Å². The minimum Gasteiger partial charge on any atom is -0.379 e. The van der Waals surface area contributed by atoms with Crippen LogP contribution >= 0.6 is 23.2 Å². The van der Waals surface area contributed by atoms with Gasteiger partial charge in [-0.15, -0.1) is 0 Å². The second kappa shape index (κ2) is 6.86. The molecule has 2 atom stereocenters. The predicted octanol–water partition coefficient (Wildman–Crippen LogP) is 2.29. The maximum Gasteiger partial charge on any atom is 0.227 e. The molecule has 1 aromatic carbocycles. The number of likely N-dealkylation sites (tertiary alicyclic amines) is 1. The van der Waals surface area contributed by atoms with Crippen molar-refractivity contribution in [3.8, 4) is 0 Å². The van der Waals surface area contributed by atoms with Crippen LogP contribution in [0.4, 0.5) is 0 Å². The van der Waals surface area contributed by atoms with Crippen molar-refractivity contribution in [3.63, 3.8) is 0 Å². The number of rotatable bonds is 4. The van der Waals surface area contributed by atoms with Crippen LogP contribution in [0.3, 0.4) is 0 Å². The highest BCUT2D eigenvalue weighted by Gasteiger charge is 2.37. The molecule has 1 aromatic heterocycles. The van der Waals surface area contributed by atoms with E-state index in [0.717, 1.165) is 11.3 Å².